The summed E-state index contributed by atoms with van der Waals surface area (Å²) >= 11 is 4.02. The molecule has 0 amide bonds. The molecular formula is C7H9NO3S2. The highest BCUT2D eigenvalue weighted by atomic mass is 32.2. The second-order valence-corrected chi connectivity index (χ2v) is 4.52. The SMILES string of the molecule is Cc1cc(N)c(S(=O)(=O)O)cc1S. The molecule has 0 unspecified atom stereocenters. The van der Waals surface area contributed by atoms with Crippen molar-refractivity contribution in [2.24, 2.45) is 0 Å². The van der Waals surface area contributed by atoms with E-state index in [1.165, 1.54) is 12.1 Å². The molecule has 3 N–H and O–H groups in total. The van der Waals surface area contributed by atoms with Crippen LogP contribution in [0.25, 0.3) is 0 Å². The number of nitrogens with two attached hydrogens (primary N) is 1. The maximum Gasteiger partial charge on any atom is 0.296 e. The molecular weight excluding hydrogens is 210 g/mol. The van der Waals surface area contributed by atoms with Gasteiger partial charge in [-0.15, -0.1) is 12.6 Å². The van der Waals surface area contributed by atoms with Crippen molar-refractivity contribution < 1.29 is 13.0 Å². The molecule has 0 atom stereocenters. The van der Waals surface area contributed by atoms with Gasteiger partial charge in [0.25, 0.3) is 10.1 Å². The lowest BCUT2D eigenvalue weighted by Gasteiger charge is -2.05. The van der Waals surface area contributed by atoms with E-state index in [1.807, 2.05) is 0 Å². The van der Waals surface area contributed by atoms with E-state index in [9.17, 15) is 8.42 Å². The van der Waals surface area contributed by atoms with Crippen molar-refractivity contribution >= 4 is 28.4 Å². The molecule has 0 aliphatic rings. The van der Waals surface area contributed by atoms with Crippen LogP contribution in [0.4, 0.5) is 5.69 Å². The summed E-state index contributed by atoms with van der Waals surface area (Å²) in [5, 5.41) is 0. The van der Waals surface area contributed by atoms with Crippen LogP contribution in [-0.2, 0) is 10.1 Å². The van der Waals surface area contributed by atoms with Gasteiger partial charge < -0.3 is 5.73 Å². The summed E-state index contributed by atoms with van der Waals surface area (Å²) in [4.78, 5) is 0.171. The van der Waals surface area contributed by atoms with Crippen molar-refractivity contribution in [1.82, 2.24) is 0 Å². The average molecular weight is 219 g/mol. The Kier molecular flexibility index (Phi) is 2.56. The first-order valence-electron chi connectivity index (χ1n) is 3.39. The Balaban J connectivity index is 3.50. The highest BCUT2D eigenvalue weighted by Gasteiger charge is 2.14. The zero-order chi connectivity index (χ0) is 10.2. The maximum atomic E-state index is 10.8. The van der Waals surface area contributed by atoms with Crippen LogP contribution in [0, 0.1) is 6.92 Å². The van der Waals surface area contributed by atoms with Gasteiger partial charge in [0.05, 0.1) is 5.69 Å². The van der Waals surface area contributed by atoms with Crippen LogP contribution in [0.15, 0.2) is 21.9 Å². The minimum absolute atomic E-state index is 0.0257. The zero-order valence-electron chi connectivity index (χ0n) is 6.85. The van der Waals surface area contributed by atoms with Crippen molar-refractivity contribution in [3.63, 3.8) is 0 Å². The second kappa shape index (κ2) is 3.21. The number of nitrogen functional groups attached to an aromatic ring is 1. The Labute approximate surface area is 81.9 Å². The lowest BCUT2D eigenvalue weighted by Crippen LogP contribution is -2.03. The van der Waals surface area contributed by atoms with Crippen LogP contribution < -0.4 is 5.73 Å². The maximum absolute atomic E-state index is 10.8. The summed E-state index contributed by atoms with van der Waals surface area (Å²) < 4.78 is 30.3. The number of benzene rings is 1. The molecule has 0 aliphatic carbocycles. The van der Waals surface area contributed by atoms with Crippen molar-refractivity contribution in [2.75, 3.05) is 5.73 Å². The average Bonchev–Trinajstić information content (AvgIpc) is 1.94. The van der Waals surface area contributed by atoms with Gasteiger partial charge in [-0.1, -0.05) is 0 Å². The van der Waals surface area contributed by atoms with Gasteiger partial charge >= 0.3 is 0 Å². The molecule has 1 rings (SSSR count). The van der Waals surface area contributed by atoms with Gasteiger partial charge in [0.1, 0.15) is 4.90 Å². The van der Waals surface area contributed by atoms with E-state index >= 15 is 0 Å². The molecule has 0 bridgehead atoms. The Hall–Kier alpha value is -0.720. The second-order valence-electron chi connectivity index (χ2n) is 2.65. The molecule has 1 aromatic carbocycles. The summed E-state index contributed by atoms with van der Waals surface area (Å²) in [6.45, 7) is 1.74. The number of anilines is 1. The highest BCUT2D eigenvalue weighted by molar-refractivity contribution is 7.86. The highest BCUT2D eigenvalue weighted by Crippen LogP contribution is 2.24. The zero-order valence-corrected chi connectivity index (χ0v) is 8.56. The minimum Gasteiger partial charge on any atom is -0.398 e. The van der Waals surface area contributed by atoms with Crippen LogP contribution in [0.5, 0.6) is 0 Å². The summed E-state index contributed by atoms with van der Waals surface area (Å²) in [6.07, 6.45) is 0. The first-order chi connectivity index (χ1) is 5.82. The molecule has 4 nitrogen and oxygen atoms in total. The fourth-order valence-corrected chi connectivity index (χ4v) is 1.83. The summed E-state index contributed by atoms with van der Waals surface area (Å²) in [6, 6.07) is 2.68. The standard InChI is InChI=1S/C7H9NO3S2/c1-4-2-5(8)7(3-6(4)12)13(9,10)11/h2-3,12H,8H2,1H3,(H,9,10,11). The number of aryl methyl sites for hydroxylation is 1. The molecule has 6 heteroatoms. The summed E-state index contributed by atoms with van der Waals surface area (Å²) in [7, 11) is -4.25. The molecule has 0 radical (unpaired) electrons. The predicted molar refractivity (Wildman–Crippen MR) is 52.7 cm³/mol. The van der Waals surface area contributed by atoms with Crippen LogP contribution in [0.3, 0.4) is 0 Å². The molecule has 72 valence electrons. The topological polar surface area (TPSA) is 80.4 Å². The van der Waals surface area contributed by atoms with Gasteiger partial charge in [0.2, 0.25) is 0 Å². The first-order valence-corrected chi connectivity index (χ1v) is 5.27. The Bertz CT molecular complexity index is 439. The minimum atomic E-state index is -4.25. The molecule has 1 aromatic rings. The fraction of sp³-hybridized carbons (Fsp3) is 0.143. The van der Waals surface area contributed by atoms with Crippen molar-refractivity contribution in [1.29, 1.82) is 0 Å². The molecule has 0 heterocycles. The van der Waals surface area contributed by atoms with Crippen LogP contribution >= 0.6 is 12.6 Å². The smallest absolute Gasteiger partial charge is 0.296 e. The van der Waals surface area contributed by atoms with Gasteiger partial charge in [-0.05, 0) is 24.6 Å². The van der Waals surface area contributed by atoms with Crippen molar-refractivity contribution in [3.05, 3.63) is 17.7 Å². The number of hydrogen-bond acceptors (Lipinski definition) is 4. The monoisotopic (exact) mass is 219 g/mol. The normalized spacial score (nSPS) is 11.6. The van der Waals surface area contributed by atoms with E-state index in [4.69, 9.17) is 10.3 Å². The van der Waals surface area contributed by atoms with E-state index in [1.54, 1.807) is 6.92 Å². The molecule has 13 heavy (non-hydrogen) atoms. The Morgan fingerprint density at radius 1 is 1.46 bits per heavy atom. The fourth-order valence-electron chi connectivity index (χ4n) is 0.923. The van der Waals surface area contributed by atoms with E-state index in [0.717, 1.165) is 5.56 Å². The third kappa shape index (κ3) is 2.15. The number of rotatable bonds is 1. The number of hydrogen-bond donors (Lipinski definition) is 3. The third-order valence-electron chi connectivity index (χ3n) is 1.61. The van der Waals surface area contributed by atoms with Crippen molar-refractivity contribution in [3.8, 4) is 0 Å². The van der Waals surface area contributed by atoms with Crippen LogP contribution in [-0.4, -0.2) is 13.0 Å². The van der Waals surface area contributed by atoms with Gasteiger partial charge in [-0.3, -0.25) is 4.55 Å². The Morgan fingerprint density at radius 2 is 2.00 bits per heavy atom. The van der Waals surface area contributed by atoms with E-state index < -0.39 is 10.1 Å². The first kappa shape index (κ1) is 10.4. The molecule has 0 fully saturated rings. The molecule has 0 aliphatic heterocycles. The van der Waals surface area contributed by atoms with E-state index in [0.29, 0.717) is 4.90 Å². The quantitative estimate of drug-likeness (QED) is 0.375. The Morgan fingerprint density at radius 3 is 2.46 bits per heavy atom. The number of thiol groups is 1. The lowest BCUT2D eigenvalue weighted by molar-refractivity contribution is 0.483. The van der Waals surface area contributed by atoms with Crippen LogP contribution in [0.1, 0.15) is 5.56 Å². The van der Waals surface area contributed by atoms with Gasteiger partial charge in [0, 0.05) is 4.90 Å². The van der Waals surface area contributed by atoms with Gasteiger partial charge in [-0.25, -0.2) is 0 Å². The summed E-state index contributed by atoms with van der Waals surface area (Å²) in [5.41, 5.74) is 6.19. The van der Waals surface area contributed by atoms with Crippen LogP contribution in [0.2, 0.25) is 0 Å². The predicted octanol–water partition coefficient (Wildman–Crippen LogP) is 1.11. The third-order valence-corrected chi connectivity index (χ3v) is 3.00. The van der Waals surface area contributed by atoms with Gasteiger partial charge in [0.15, 0.2) is 0 Å². The van der Waals surface area contributed by atoms with E-state index in [2.05, 4.69) is 12.6 Å². The lowest BCUT2D eigenvalue weighted by atomic mass is 10.2. The largest absolute Gasteiger partial charge is 0.398 e. The van der Waals surface area contributed by atoms with Crippen molar-refractivity contribution in [2.45, 2.75) is 16.7 Å². The molecule has 0 saturated carbocycles. The molecule has 0 spiro atoms. The molecule has 0 saturated heterocycles. The summed E-state index contributed by atoms with van der Waals surface area (Å²) in [5.74, 6) is 0. The molecule has 0 aromatic heterocycles. The van der Waals surface area contributed by atoms with Gasteiger partial charge in [-0.2, -0.15) is 8.42 Å². The van der Waals surface area contributed by atoms with E-state index in [-0.39, 0.29) is 10.6 Å².